The van der Waals surface area contributed by atoms with Crippen molar-refractivity contribution < 1.29 is 14.5 Å². The molecule has 10 nitrogen and oxygen atoms in total. The van der Waals surface area contributed by atoms with E-state index in [1.807, 2.05) is 0 Å². The average Bonchev–Trinajstić information content (AvgIpc) is 3.15. The Labute approximate surface area is 142 Å². The van der Waals surface area contributed by atoms with Crippen LogP contribution < -0.4 is 10.1 Å². The van der Waals surface area contributed by atoms with Crippen LogP contribution in [0.25, 0.3) is 0 Å². The summed E-state index contributed by atoms with van der Waals surface area (Å²) in [6, 6.07) is 0. The zero-order valence-electron chi connectivity index (χ0n) is 13.0. The normalized spacial score (nSPS) is 10.6. The molecule has 24 heavy (non-hydrogen) atoms. The number of nitro groups is 1. The largest absolute Gasteiger partial charge is 0.475 e. The number of nitrogens with one attached hydrogen (secondary N) is 1. The molecule has 11 heteroatoms. The maximum atomic E-state index is 11.8. The summed E-state index contributed by atoms with van der Waals surface area (Å²) in [4.78, 5) is 22.0. The van der Waals surface area contributed by atoms with E-state index in [0.717, 1.165) is 0 Å². The highest BCUT2D eigenvalue weighted by Gasteiger charge is 2.20. The number of hydrogen-bond acceptors (Lipinski definition) is 6. The highest BCUT2D eigenvalue weighted by molar-refractivity contribution is 6.30. The molecule has 2 aromatic heterocycles. The number of carbonyl (C=O) groups excluding carboxylic acids is 1. The van der Waals surface area contributed by atoms with Gasteiger partial charge in [-0.15, -0.1) is 5.10 Å². The summed E-state index contributed by atoms with van der Waals surface area (Å²) in [5.74, 6) is -0.232. The second-order valence-corrected chi connectivity index (χ2v) is 5.36. The van der Waals surface area contributed by atoms with Crippen LogP contribution in [0.15, 0.2) is 18.6 Å². The van der Waals surface area contributed by atoms with E-state index in [4.69, 9.17) is 16.3 Å². The second kappa shape index (κ2) is 8.29. The van der Waals surface area contributed by atoms with Crippen molar-refractivity contribution in [2.24, 2.45) is 0 Å². The molecule has 2 heterocycles. The molecule has 0 radical (unpaired) electrons. The van der Waals surface area contributed by atoms with Crippen LogP contribution in [-0.4, -0.2) is 44.0 Å². The van der Waals surface area contributed by atoms with E-state index in [0.29, 0.717) is 24.5 Å². The molecule has 130 valence electrons. The minimum absolute atomic E-state index is 0.0710. The van der Waals surface area contributed by atoms with Gasteiger partial charge in [0.25, 0.3) is 0 Å². The Morgan fingerprint density at radius 3 is 2.79 bits per heavy atom. The van der Waals surface area contributed by atoms with Crippen molar-refractivity contribution in [3.05, 3.63) is 33.7 Å². The molecule has 0 aliphatic carbocycles. The second-order valence-electron chi connectivity index (χ2n) is 4.92. The SMILES string of the molecule is COc1nn(CCC(=O)NCCCn2cc(Cl)cn2)cc1[N+](=O)[O-]. The van der Waals surface area contributed by atoms with Crippen LogP contribution in [0.3, 0.4) is 0 Å². The Hall–Kier alpha value is -2.62. The van der Waals surface area contributed by atoms with E-state index < -0.39 is 4.92 Å². The highest BCUT2D eigenvalue weighted by atomic mass is 35.5. The van der Waals surface area contributed by atoms with Gasteiger partial charge in [-0.25, -0.2) is 0 Å². The summed E-state index contributed by atoms with van der Waals surface area (Å²) in [7, 11) is 1.30. The van der Waals surface area contributed by atoms with Gasteiger partial charge in [0.2, 0.25) is 5.91 Å². The van der Waals surface area contributed by atoms with Crippen molar-refractivity contribution in [1.29, 1.82) is 0 Å². The van der Waals surface area contributed by atoms with Gasteiger partial charge in [0, 0.05) is 25.7 Å². The smallest absolute Gasteiger partial charge is 0.350 e. The molecule has 0 aliphatic heterocycles. The van der Waals surface area contributed by atoms with Crippen molar-refractivity contribution in [3.8, 4) is 5.88 Å². The number of methoxy groups -OCH3 is 1. The number of carbonyl (C=O) groups is 1. The first-order valence-electron chi connectivity index (χ1n) is 7.20. The van der Waals surface area contributed by atoms with Gasteiger partial charge in [0.05, 0.1) is 29.8 Å². The van der Waals surface area contributed by atoms with Gasteiger partial charge in [0.1, 0.15) is 6.20 Å². The molecule has 0 atom stereocenters. The van der Waals surface area contributed by atoms with E-state index in [1.165, 1.54) is 18.0 Å². The molecule has 0 fully saturated rings. The Kier molecular flexibility index (Phi) is 6.13. The zero-order valence-corrected chi connectivity index (χ0v) is 13.8. The first-order chi connectivity index (χ1) is 11.5. The van der Waals surface area contributed by atoms with Crippen LogP contribution in [0.1, 0.15) is 12.8 Å². The first-order valence-corrected chi connectivity index (χ1v) is 7.58. The molecular formula is C13H17ClN6O4. The summed E-state index contributed by atoms with van der Waals surface area (Å²) in [6.45, 7) is 1.37. The van der Waals surface area contributed by atoms with Gasteiger partial charge in [0.15, 0.2) is 0 Å². The molecular weight excluding hydrogens is 340 g/mol. The molecule has 2 aromatic rings. The Balaban J connectivity index is 1.70. The number of aromatic nitrogens is 4. The standard InChI is InChI=1S/C13H17ClN6O4/c1-24-13-11(20(22)23)9-19(17-13)6-3-12(21)15-4-2-5-18-8-10(14)7-16-18/h7-9H,2-6H2,1H3,(H,15,21). The van der Waals surface area contributed by atoms with Crippen molar-refractivity contribution in [3.63, 3.8) is 0 Å². The van der Waals surface area contributed by atoms with E-state index in [1.54, 1.807) is 17.1 Å². The van der Waals surface area contributed by atoms with Crippen molar-refractivity contribution in [2.75, 3.05) is 13.7 Å². The van der Waals surface area contributed by atoms with Gasteiger partial charge in [-0.2, -0.15) is 5.10 Å². The zero-order chi connectivity index (χ0) is 17.5. The van der Waals surface area contributed by atoms with Gasteiger partial charge < -0.3 is 10.1 Å². The average molecular weight is 357 g/mol. The summed E-state index contributed by atoms with van der Waals surface area (Å²) >= 11 is 5.75. The van der Waals surface area contributed by atoms with Gasteiger partial charge in [-0.05, 0) is 6.42 Å². The maximum absolute atomic E-state index is 11.8. The third-order valence-corrected chi connectivity index (χ3v) is 3.35. The van der Waals surface area contributed by atoms with Gasteiger partial charge in [-0.1, -0.05) is 11.6 Å². The van der Waals surface area contributed by atoms with Crippen LogP contribution in [-0.2, 0) is 17.9 Å². The molecule has 0 aromatic carbocycles. The van der Waals surface area contributed by atoms with Crippen LogP contribution in [0, 0.1) is 10.1 Å². The molecule has 1 N–H and O–H groups in total. The minimum Gasteiger partial charge on any atom is -0.475 e. The molecule has 1 amide bonds. The fourth-order valence-corrected chi connectivity index (χ4v) is 2.17. The Bertz CT molecular complexity index is 713. The molecule has 0 saturated heterocycles. The van der Waals surface area contributed by atoms with Crippen LogP contribution in [0.5, 0.6) is 5.88 Å². The summed E-state index contributed by atoms with van der Waals surface area (Å²) in [5.41, 5.74) is -0.226. The number of hydrogen-bond donors (Lipinski definition) is 1. The van der Waals surface area contributed by atoms with E-state index >= 15 is 0 Å². The summed E-state index contributed by atoms with van der Waals surface area (Å²) in [6.07, 6.45) is 5.38. The lowest BCUT2D eigenvalue weighted by Gasteiger charge is -2.05. The molecule has 0 spiro atoms. The molecule has 0 aliphatic rings. The lowest BCUT2D eigenvalue weighted by molar-refractivity contribution is -0.385. The van der Waals surface area contributed by atoms with Crippen molar-refractivity contribution in [1.82, 2.24) is 24.9 Å². The lowest BCUT2D eigenvalue weighted by Crippen LogP contribution is -2.26. The lowest BCUT2D eigenvalue weighted by atomic mass is 10.3. The Morgan fingerprint density at radius 1 is 1.42 bits per heavy atom. The van der Waals surface area contributed by atoms with Crippen molar-refractivity contribution in [2.45, 2.75) is 25.9 Å². The predicted molar refractivity (Wildman–Crippen MR) is 84.9 cm³/mol. The molecule has 0 saturated carbocycles. The predicted octanol–water partition coefficient (Wildman–Crippen LogP) is 1.25. The molecule has 2 rings (SSSR count). The van der Waals surface area contributed by atoms with E-state index in [2.05, 4.69) is 15.5 Å². The van der Waals surface area contributed by atoms with Gasteiger partial charge >= 0.3 is 11.6 Å². The van der Waals surface area contributed by atoms with Crippen LogP contribution >= 0.6 is 11.6 Å². The highest BCUT2D eigenvalue weighted by Crippen LogP contribution is 2.23. The minimum atomic E-state index is -0.579. The van der Waals surface area contributed by atoms with E-state index in [-0.39, 0.29) is 30.4 Å². The summed E-state index contributed by atoms with van der Waals surface area (Å²) < 4.78 is 7.85. The van der Waals surface area contributed by atoms with Crippen LogP contribution in [0.4, 0.5) is 5.69 Å². The third-order valence-electron chi connectivity index (χ3n) is 3.16. The van der Waals surface area contributed by atoms with E-state index in [9.17, 15) is 14.9 Å². The molecule has 0 unspecified atom stereocenters. The van der Waals surface area contributed by atoms with Crippen LogP contribution in [0.2, 0.25) is 5.02 Å². The maximum Gasteiger partial charge on any atom is 0.350 e. The number of amides is 1. The number of halogens is 1. The fraction of sp³-hybridized carbons (Fsp3) is 0.462. The number of ether oxygens (including phenoxy) is 1. The summed E-state index contributed by atoms with van der Waals surface area (Å²) in [5, 5.41) is 22.1. The monoisotopic (exact) mass is 356 g/mol. The topological polar surface area (TPSA) is 117 Å². The Morgan fingerprint density at radius 2 is 2.21 bits per heavy atom. The fourth-order valence-electron chi connectivity index (χ4n) is 2.01. The number of nitrogens with zero attached hydrogens (tertiary/aromatic N) is 5. The quantitative estimate of drug-likeness (QED) is 0.410. The van der Waals surface area contributed by atoms with Gasteiger partial charge in [-0.3, -0.25) is 24.3 Å². The molecule has 0 bridgehead atoms. The number of aryl methyl sites for hydroxylation is 2. The first kappa shape index (κ1) is 17.7. The van der Waals surface area contributed by atoms with Crippen molar-refractivity contribution >= 4 is 23.2 Å². The third kappa shape index (κ3) is 4.95. The number of rotatable bonds is 9.